The third kappa shape index (κ3) is 3.11. The van der Waals surface area contributed by atoms with E-state index in [-0.39, 0.29) is 0 Å². The van der Waals surface area contributed by atoms with Crippen molar-refractivity contribution in [1.29, 1.82) is 0 Å². The fourth-order valence-electron chi connectivity index (χ4n) is 2.82. The maximum Gasteiger partial charge on any atom is 0.167 e. The van der Waals surface area contributed by atoms with Crippen LogP contribution in [0.15, 0.2) is 24.3 Å². The van der Waals surface area contributed by atoms with Gasteiger partial charge in [-0.3, -0.25) is 4.57 Å². The van der Waals surface area contributed by atoms with Crippen LogP contribution in [0.5, 0.6) is 0 Å². The summed E-state index contributed by atoms with van der Waals surface area (Å²) in [5, 5.41) is 33.3. The van der Waals surface area contributed by atoms with E-state index in [1.54, 1.807) is 0 Å². The summed E-state index contributed by atoms with van der Waals surface area (Å²) < 4.78 is 7.17. The van der Waals surface area contributed by atoms with Crippen molar-refractivity contribution in [3.05, 3.63) is 24.3 Å². The van der Waals surface area contributed by atoms with Crippen LogP contribution in [0.4, 0.5) is 5.82 Å². The van der Waals surface area contributed by atoms with Gasteiger partial charge in [-0.1, -0.05) is 11.6 Å². The van der Waals surface area contributed by atoms with Crippen molar-refractivity contribution in [2.75, 3.05) is 18.5 Å². The molecule has 2 aromatic rings. The number of aliphatic hydroxyl groups excluding tert-OH is 2. The van der Waals surface area contributed by atoms with Crippen molar-refractivity contribution in [3.8, 4) is 0 Å². The van der Waals surface area contributed by atoms with Gasteiger partial charge in [0.15, 0.2) is 23.2 Å². The highest BCUT2D eigenvalue weighted by Gasteiger charge is 2.52. The van der Waals surface area contributed by atoms with Crippen LogP contribution < -0.4 is 5.32 Å². The lowest BCUT2D eigenvalue weighted by Gasteiger charge is -2.25. The lowest BCUT2D eigenvalue weighted by Crippen LogP contribution is -2.46. The first-order chi connectivity index (χ1) is 11.9. The number of nitrogens with one attached hydrogen (secondary N) is 1. The summed E-state index contributed by atoms with van der Waals surface area (Å²) in [6.45, 7) is 5.64. The molecule has 1 aliphatic rings. The summed E-state index contributed by atoms with van der Waals surface area (Å²) >= 11 is 0. The average Bonchev–Trinajstić information content (AvgIpc) is 3.08. The van der Waals surface area contributed by atoms with E-state index in [0.29, 0.717) is 23.5 Å². The monoisotopic (exact) mass is 349 g/mol. The highest BCUT2D eigenvalue weighted by atomic mass is 16.6. The Morgan fingerprint density at radius 3 is 2.80 bits per heavy atom. The molecule has 9 heteroatoms. The molecule has 0 unspecified atom stereocenters. The topological polar surface area (TPSA) is 126 Å². The Labute approximate surface area is 145 Å². The van der Waals surface area contributed by atoms with Crippen molar-refractivity contribution >= 4 is 17.0 Å². The minimum absolute atomic E-state index is 0.405. The Morgan fingerprint density at radius 2 is 2.16 bits per heavy atom. The van der Waals surface area contributed by atoms with Crippen LogP contribution in [0.25, 0.3) is 11.2 Å². The van der Waals surface area contributed by atoms with E-state index in [0.717, 1.165) is 0 Å². The quantitative estimate of drug-likeness (QED) is 0.564. The molecule has 1 aliphatic heterocycles. The Bertz CT molecular complexity index is 784. The van der Waals surface area contributed by atoms with Crippen LogP contribution in [0.1, 0.15) is 27.0 Å². The van der Waals surface area contributed by atoms with Crippen molar-refractivity contribution < 1.29 is 20.1 Å². The van der Waals surface area contributed by atoms with Crippen LogP contribution in [0.3, 0.4) is 0 Å². The molecule has 1 saturated heterocycles. The number of hydrogen-bond acceptors (Lipinski definition) is 8. The molecular formula is C16H23N5O4. The highest BCUT2D eigenvalue weighted by Crippen LogP contribution is 2.38. The number of hydrogen-bond donors (Lipinski definition) is 4. The predicted molar refractivity (Wildman–Crippen MR) is 90.9 cm³/mol. The number of rotatable bonds is 5. The molecule has 3 rings (SSSR count). The van der Waals surface area contributed by atoms with E-state index in [1.807, 2.05) is 19.9 Å². The molecule has 0 radical (unpaired) electrons. The van der Waals surface area contributed by atoms with Crippen LogP contribution in [0.2, 0.25) is 0 Å². The lowest BCUT2D eigenvalue weighted by molar-refractivity contribution is -0.0804. The molecule has 0 saturated carbocycles. The van der Waals surface area contributed by atoms with Crippen LogP contribution in [0, 0.1) is 0 Å². The number of aliphatic hydroxyl groups is 3. The van der Waals surface area contributed by atoms with Gasteiger partial charge in [0.05, 0.1) is 12.9 Å². The molecule has 9 nitrogen and oxygen atoms in total. The summed E-state index contributed by atoms with van der Waals surface area (Å²) in [6.07, 6.45) is 1.86. The Hall–Kier alpha value is -2.07. The number of nitrogens with zero attached hydrogens (tertiary/aromatic N) is 4. The van der Waals surface area contributed by atoms with Gasteiger partial charge in [-0.2, -0.15) is 0 Å². The zero-order valence-corrected chi connectivity index (χ0v) is 14.4. The van der Waals surface area contributed by atoms with Gasteiger partial charge in [-0.15, -0.1) is 0 Å². The third-order valence-electron chi connectivity index (χ3n) is 4.40. The molecule has 0 aromatic carbocycles. The zero-order chi connectivity index (χ0) is 18.2. The standard InChI is InChI=1S/C16H23N5O4/c1-9(2)4-5-17-13-11-14(19-7-18-13)21(8-20-11)15-12(23)16(3,24)10(6-22)25-15/h4,7-8,10,12,15,22-24H,5-6H2,1-3H3,(H,17,18,19)/t10-,12+,15-,16-/m1/s1. The van der Waals surface area contributed by atoms with Crippen molar-refractivity contribution in [3.63, 3.8) is 0 Å². The maximum atomic E-state index is 10.4. The first-order valence-electron chi connectivity index (χ1n) is 8.07. The summed E-state index contributed by atoms with van der Waals surface area (Å²) in [5.74, 6) is 0.569. The van der Waals surface area contributed by atoms with E-state index in [9.17, 15) is 15.3 Å². The van der Waals surface area contributed by atoms with Crippen molar-refractivity contribution in [1.82, 2.24) is 19.5 Å². The van der Waals surface area contributed by atoms with Crippen LogP contribution in [-0.4, -0.2) is 65.8 Å². The van der Waals surface area contributed by atoms with Gasteiger partial charge in [-0.05, 0) is 20.8 Å². The minimum atomic E-state index is -1.58. The molecule has 25 heavy (non-hydrogen) atoms. The number of allylic oxidation sites excluding steroid dienone is 1. The van der Waals surface area contributed by atoms with Gasteiger partial charge in [0.2, 0.25) is 0 Å². The van der Waals surface area contributed by atoms with Gasteiger partial charge >= 0.3 is 0 Å². The predicted octanol–water partition coefficient (Wildman–Crippen LogP) is 0.206. The summed E-state index contributed by atoms with van der Waals surface area (Å²) in [4.78, 5) is 12.7. The van der Waals surface area contributed by atoms with Crippen molar-refractivity contribution in [2.24, 2.45) is 0 Å². The van der Waals surface area contributed by atoms with E-state index in [1.165, 1.54) is 29.7 Å². The largest absolute Gasteiger partial charge is 0.394 e. The molecule has 0 bridgehead atoms. The number of imidazole rings is 1. The molecule has 0 amide bonds. The second-order valence-electron chi connectivity index (χ2n) is 6.58. The number of aromatic nitrogens is 4. The smallest absolute Gasteiger partial charge is 0.167 e. The molecule has 0 spiro atoms. The van der Waals surface area contributed by atoms with E-state index >= 15 is 0 Å². The van der Waals surface area contributed by atoms with E-state index < -0.39 is 30.6 Å². The summed E-state index contributed by atoms with van der Waals surface area (Å²) in [5.41, 5.74) is 0.608. The second-order valence-corrected chi connectivity index (χ2v) is 6.58. The minimum Gasteiger partial charge on any atom is -0.394 e. The average molecular weight is 349 g/mol. The summed E-state index contributed by atoms with van der Waals surface area (Å²) in [7, 11) is 0. The molecule has 2 aromatic heterocycles. The first-order valence-corrected chi connectivity index (χ1v) is 8.07. The van der Waals surface area contributed by atoms with E-state index in [2.05, 4.69) is 20.3 Å². The Balaban J connectivity index is 1.93. The summed E-state index contributed by atoms with van der Waals surface area (Å²) in [6, 6.07) is 0. The van der Waals surface area contributed by atoms with Gasteiger partial charge < -0.3 is 25.4 Å². The maximum absolute atomic E-state index is 10.4. The lowest BCUT2D eigenvalue weighted by atomic mass is 9.95. The zero-order valence-electron chi connectivity index (χ0n) is 14.4. The molecule has 1 fully saturated rings. The van der Waals surface area contributed by atoms with E-state index in [4.69, 9.17) is 4.74 Å². The molecule has 0 aliphatic carbocycles. The molecule has 3 heterocycles. The Morgan fingerprint density at radius 1 is 1.40 bits per heavy atom. The number of fused-ring (bicyclic) bond motifs is 1. The molecule has 136 valence electrons. The molecule has 4 N–H and O–H groups in total. The van der Waals surface area contributed by atoms with Gasteiger partial charge in [0.1, 0.15) is 24.1 Å². The van der Waals surface area contributed by atoms with Crippen LogP contribution in [-0.2, 0) is 4.74 Å². The SMILES string of the molecule is CC(C)=CCNc1ncnc2c1ncn2[C@@H]1O[C@H](CO)[C@@](C)(O)[C@H]1O. The normalized spacial score (nSPS) is 29.1. The fraction of sp³-hybridized carbons (Fsp3) is 0.562. The Kier molecular flexibility index (Phi) is 4.74. The third-order valence-corrected chi connectivity index (χ3v) is 4.40. The highest BCUT2D eigenvalue weighted by molar-refractivity contribution is 5.82. The van der Waals surface area contributed by atoms with Gasteiger partial charge in [-0.25, -0.2) is 15.0 Å². The molecule has 4 atom stereocenters. The van der Waals surface area contributed by atoms with Crippen LogP contribution >= 0.6 is 0 Å². The number of ether oxygens (including phenoxy) is 1. The molecular weight excluding hydrogens is 326 g/mol. The first kappa shape index (κ1) is 17.7. The number of anilines is 1. The second kappa shape index (κ2) is 6.68. The fourth-order valence-corrected chi connectivity index (χ4v) is 2.82. The van der Waals surface area contributed by atoms with Crippen molar-refractivity contribution in [2.45, 2.75) is 44.8 Å². The van der Waals surface area contributed by atoms with Gasteiger partial charge in [0.25, 0.3) is 0 Å². The van der Waals surface area contributed by atoms with Gasteiger partial charge in [0, 0.05) is 6.54 Å².